The van der Waals surface area contributed by atoms with Gasteiger partial charge in [0.1, 0.15) is 0 Å². The summed E-state index contributed by atoms with van der Waals surface area (Å²) in [7, 11) is 1.99. The largest absolute Gasteiger partial charge is 0.377 e. The molecule has 0 amide bonds. The van der Waals surface area contributed by atoms with Crippen molar-refractivity contribution in [3.05, 3.63) is 23.0 Å². The van der Waals surface area contributed by atoms with E-state index in [9.17, 15) is 4.79 Å². The Morgan fingerprint density at radius 1 is 0.925 bits per heavy atom. The number of hydrogen-bond donors (Lipinski definition) is 0. The second-order valence-electron chi connectivity index (χ2n) is 17.5. The fourth-order valence-electron chi connectivity index (χ4n) is 12.8. The average Bonchev–Trinajstić information content (AvgIpc) is 3.39. The highest BCUT2D eigenvalue weighted by molar-refractivity contribution is 6.04. The lowest BCUT2D eigenvalue weighted by Gasteiger charge is -2.73. The summed E-state index contributed by atoms with van der Waals surface area (Å²) in [5.41, 5.74) is 4.46. The van der Waals surface area contributed by atoms with Gasteiger partial charge >= 0.3 is 0 Å². The summed E-state index contributed by atoms with van der Waals surface area (Å²) in [4.78, 5) is 14.1. The number of nitrogens with zero attached hydrogens (tertiary/aromatic N) is 2. The third kappa shape index (κ3) is 3.18. The molecule has 4 unspecified atom stereocenters. The maximum absolute atomic E-state index is 14.1. The molecular weight excluding hydrogens is 492 g/mol. The number of fused-ring (bicyclic) bond motifs is 5. The van der Waals surface area contributed by atoms with Crippen molar-refractivity contribution in [1.29, 1.82) is 0 Å². The Balaban J connectivity index is 1.28. The van der Waals surface area contributed by atoms with Crippen LogP contribution in [0.5, 0.6) is 0 Å². The molecule has 0 radical (unpaired) electrons. The van der Waals surface area contributed by atoms with Crippen LogP contribution in [-0.4, -0.2) is 28.3 Å². The maximum Gasteiger partial charge on any atom is 0.164 e. The van der Waals surface area contributed by atoms with Gasteiger partial charge in [-0.25, -0.2) is 0 Å². The molecule has 0 N–H and O–H groups in total. The van der Waals surface area contributed by atoms with E-state index in [1.807, 2.05) is 17.9 Å². The number of carbonyl (C=O) groups is 1. The predicted octanol–water partition coefficient (Wildman–Crippen LogP) is 8.18. The lowest BCUT2D eigenvalue weighted by Crippen LogP contribution is -2.67. The minimum Gasteiger partial charge on any atom is -0.377 e. The van der Waals surface area contributed by atoms with Crippen LogP contribution in [-0.2, 0) is 16.6 Å². The second-order valence-corrected chi connectivity index (χ2v) is 17.5. The monoisotopic (exact) mass is 546 g/mol. The van der Waals surface area contributed by atoms with Crippen LogP contribution in [0, 0.1) is 63.1 Å². The molecule has 0 aromatic carbocycles. The van der Waals surface area contributed by atoms with E-state index in [0.29, 0.717) is 45.4 Å². The highest BCUT2D eigenvalue weighted by atomic mass is 16.5. The van der Waals surface area contributed by atoms with Gasteiger partial charge in [0.2, 0.25) is 0 Å². The number of hydrogen-bond acceptors (Lipinski definition) is 3. The smallest absolute Gasteiger partial charge is 0.164 e. The van der Waals surface area contributed by atoms with Crippen molar-refractivity contribution >= 4 is 11.9 Å². The number of Topliss-reactive ketones (excluding diaryl/α,β-unsaturated/α-hetero) is 1. The Hall–Kier alpha value is -1.42. The topological polar surface area (TPSA) is 44.1 Å². The summed E-state index contributed by atoms with van der Waals surface area (Å²) in [5.74, 6) is 2.96. The normalized spacial score (nSPS) is 49.7. The average molecular weight is 547 g/mol. The Morgan fingerprint density at radius 2 is 1.65 bits per heavy atom. The Labute approximate surface area is 243 Å². The molecule has 1 saturated heterocycles. The van der Waals surface area contributed by atoms with E-state index in [1.54, 1.807) is 0 Å². The molecule has 1 aromatic heterocycles. The third-order valence-electron chi connectivity index (χ3n) is 15.3. The molecule has 40 heavy (non-hydrogen) atoms. The molecule has 4 heteroatoms. The summed E-state index contributed by atoms with van der Waals surface area (Å²) in [6.45, 7) is 20.6. The maximum atomic E-state index is 14.1. The van der Waals surface area contributed by atoms with E-state index in [4.69, 9.17) is 4.74 Å². The van der Waals surface area contributed by atoms with Crippen LogP contribution in [0.4, 0.5) is 0 Å². The van der Waals surface area contributed by atoms with E-state index in [1.165, 1.54) is 51.4 Å². The van der Waals surface area contributed by atoms with Crippen molar-refractivity contribution in [2.75, 3.05) is 6.61 Å². The molecule has 0 spiro atoms. The van der Waals surface area contributed by atoms with Gasteiger partial charge in [0.15, 0.2) is 5.78 Å². The number of rotatable bonds is 1. The molecule has 2 bridgehead atoms. The van der Waals surface area contributed by atoms with Crippen molar-refractivity contribution in [2.45, 2.75) is 119 Å². The SMILES string of the molecule is Cc1c(C=C2C[C@@]3(C)C(CC[C@]4(C)C3CCC3C5[C@H]6OC[C@@]5(CCC6(C)C)CC[C@]34C)C(C)(C)C2=O)cnn1C. The number of aryl methyl sites for hydroxylation is 1. The first-order chi connectivity index (χ1) is 18.6. The Bertz CT molecular complexity index is 1290. The minimum absolute atomic E-state index is 0.136. The molecule has 1 aliphatic heterocycles. The van der Waals surface area contributed by atoms with Crippen LogP contribution in [0.3, 0.4) is 0 Å². The van der Waals surface area contributed by atoms with Gasteiger partial charge in [-0.05, 0) is 127 Å². The van der Waals surface area contributed by atoms with Crippen LogP contribution in [0.25, 0.3) is 6.08 Å². The summed E-state index contributed by atoms with van der Waals surface area (Å²) in [6.07, 6.45) is 16.0. The van der Waals surface area contributed by atoms with Crippen molar-refractivity contribution in [3.63, 3.8) is 0 Å². The summed E-state index contributed by atoms with van der Waals surface area (Å²) < 4.78 is 8.69. The molecule has 6 fully saturated rings. The van der Waals surface area contributed by atoms with Gasteiger partial charge in [-0.3, -0.25) is 9.48 Å². The van der Waals surface area contributed by atoms with Crippen LogP contribution in [0.2, 0.25) is 0 Å². The van der Waals surface area contributed by atoms with E-state index >= 15 is 0 Å². The van der Waals surface area contributed by atoms with Crippen molar-refractivity contribution < 1.29 is 9.53 Å². The number of aromatic nitrogens is 2. The molecule has 2 heterocycles. The molecular formula is C36H54N2O2. The molecule has 5 aliphatic carbocycles. The number of ether oxygens (including phenoxy) is 1. The molecule has 7 rings (SSSR count). The number of ketones is 1. The van der Waals surface area contributed by atoms with Crippen LogP contribution < -0.4 is 0 Å². The highest BCUT2D eigenvalue weighted by Gasteiger charge is 2.73. The third-order valence-corrected chi connectivity index (χ3v) is 15.3. The van der Waals surface area contributed by atoms with Crippen molar-refractivity contribution in [3.8, 4) is 0 Å². The first kappa shape index (κ1) is 27.4. The van der Waals surface area contributed by atoms with Crippen molar-refractivity contribution in [2.24, 2.45) is 63.2 Å². The number of carbonyl (C=O) groups excluding carboxylic acids is 1. The summed E-state index contributed by atoms with van der Waals surface area (Å²) in [5, 5.41) is 4.48. The predicted molar refractivity (Wildman–Crippen MR) is 160 cm³/mol. The molecule has 9 atom stereocenters. The molecule has 6 aliphatic rings. The number of allylic oxidation sites excluding steroid dienone is 1. The molecule has 1 aromatic rings. The van der Waals surface area contributed by atoms with Crippen molar-refractivity contribution in [1.82, 2.24) is 9.78 Å². The van der Waals surface area contributed by atoms with Gasteiger partial charge in [-0.2, -0.15) is 5.10 Å². The second kappa shape index (κ2) is 8.14. The van der Waals surface area contributed by atoms with Gasteiger partial charge < -0.3 is 4.74 Å². The summed E-state index contributed by atoms with van der Waals surface area (Å²) >= 11 is 0. The fraction of sp³-hybridized carbons (Fsp3) is 0.833. The van der Waals surface area contributed by atoms with Gasteiger partial charge in [0.25, 0.3) is 0 Å². The first-order valence-electron chi connectivity index (χ1n) is 16.5. The molecule has 4 nitrogen and oxygen atoms in total. The zero-order chi connectivity index (χ0) is 28.7. The molecule has 220 valence electrons. The Kier molecular flexibility index (Phi) is 5.58. The van der Waals surface area contributed by atoms with E-state index < -0.39 is 0 Å². The van der Waals surface area contributed by atoms with E-state index in [0.717, 1.165) is 41.7 Å². The standard InChI is InChI=1S/C36H54N2O2/c1-22-24(20-37-38(22)9)18-23-19-33(6)26(32(4,5)29(23)39)12-13-35(8)27(33)11-10-25-28-30-31(2,3)14-16-36(28,21-40-30)17-15-34(25,35)7/h18,20,25-28,30H,10-17,19,21H2,1-9H3/t25?,26?,27?,28?,30-,33+,34-,35-,36-/m1/s1. The van der Waals surface area contributed by atoms with Gasteiger partial charge in [-0.1, -0.05) is 48.5 Å². The zero-order valence-corrected chi connectivity index (χ0v) is 26.8. The minimum atomic E-state index is -0.328. The van der Waals surface area contributed by atoms with E-state index in [2.05, 4.69) is 66.6 Å². The van der Waals surface area contributed by atoms with Crippen LogP contribution in [0.15, 0.2) is 11.8 Å². The lowest BCUT2D eigenvalue weighted by molar-refractivity contribution is -0.236. The van der Waals surface area contributed by atoms with Gasteiger partial charge in [0, 0.05) is 23.7 Å². The quantitative estimate of drug-likeness (QED) is 0.334. The Morgan fingerprint density at radius 3 is 2.35 bits per heavy atom. The first-order valence-corrected chi connectivity index (χ1v) is 16.5. The van der Waals surface area contributed by atoms with Gasteiger partial charge in [0.05, 0.1) is 18.9 Å². The zero-order valence-electron chi connectivity index (χ0n) is 26.8. The van der Waals surface area contributed by atoms with E-state index in [-0.39, 0.29) is 10.8 Å². The fourth-order valence-corrected chi connectivity index (χ4v) is 12.8. The lowest BCUT2D eigenvalue weighted by atomic mass is 9.31. The highest BCUT2D eigenvalue weighted by Crippen LogP contribution is 2.78. The summed E-state index contributed by atoms with van der Waals surface area (Å²) in [6, 6.07) is 0. The van der Waals surface area contributed by atoms with Gasteiger partial charge in [-0.15, -0.1) is 0 Å². The van der Waals surface area contributed by atoms with Crippen LogP contribution >= 0.6 is 0 Å². The molecule has 5 saturated carbocycles. The van der Waals surface area contributed by atoms with Crippen LogP contribution in [0.1, 0.15) is 118 Å².